The molecule has 1 heterocycles. The van der Waals surface area contributed by atoms with Crippen molar-refractivity contribution in [1.29, 1.82) is 0 Å². The molecule has 0 bridgehead atoms. The van der Waals surface area contributed by atoms with Crippen molar-refractivity contribution >= 4 is 11.6 Å². The molecule has 2 rings (SSSR count). The van der Waals surface area contributed by atoms with Crippen molar-refractivity contribution in [3.05, 3.63) is 40.5 Å². The average Bonchev–Trinajstić information content (AvgIpc) is 2.52. The number of hydrogen-bond donors (Lipinski definition) is 1. The molecule has 3 nitrogen and oxygen atoms in total. The molecule has 2 N–H and O–H groups in total. The fourth-order valence-electron chi connectivity index (χ4n) is 1.94. The summed E-state index contributed by atoms with van der Waals surface area (Å²) < 4.78 is 1.85. The van der Waals surface area contributed by atoms with E-state index in [9.17, 15) is 0 Å². The van der Waals surface area contributed by atoms with Crippen LogP contribution in [-0.2, 0) is 13.6 Å². The van der Waals surface area contributed by atoms with Crippen LogP contribution in [0.15, 0.2) is 24.3 Å². The van der Waals surface area contributed by atoms with E-state index in [4.69, 9.17) is 17.3 Å². The minimum Gasteiger partial charge on any atom is -0.326 e. The van der Waals surface area contributed by atoms with Crippen LogP contribution < -0.4 is 5.73 Å². The Balaban J connectivity index is 2.63. The summed E-state index contributed by atoms with van der Waals surface area (Å²) in [6.45, 7) is 2.46. The minimum absolute atomic E-state index is 0.488. The van der Waals surface area contributed by atoms with Gasteiger partial charge in [-0.15, -0.1) is 0 Å². The number of nitrogens with two attached hydrogens (primary N) is 1. The van der Waals surface area contributed by atoms with E-state index in [0.717, 1.165) is 27.5 Å². The highest BCUT2D eigenvalue weighted by atomic mass is 35.5. The monoisotopic (exact) mass is 235 g/mol. The second-order valence-electron chi connectivity index (χ2n) is 3.75. The van der Waals surface area contributed by atoms with Gasteiger partial charge in [-0.25, -0.2) is 0 Å². The van der Waals surface area contributed by atoms with E-state index < -0.39 is 0 Å². The number of aryl methyl sites for hydroxylation is 2. The first-order chi connectivity index (χ1) is 7.63. The van der Waals surface area contributed by atoms with Crippen LogP contribution >= 0.6 is 11.6 Å². The van der Waals surface area contributed by atoms with Crippen LogP contribution in [0.2, 0.25) is 5.02 Å². The van der Waals surface area contributed by atoms with Gasteiger partial charge in [-0.05, 0) is 19.1 Å². The van der Waals surface area contributed by atoms with E-state index in [1.165, 1.54) is 0 Å². The molecule has 0 aliphatic heterocycles. The molecule has 0 spiro atoms. The van der Waals surface area contributed by atoms with Crippen LogP contribution in [-0.4, -0.2) is 9.78 Å². The molecule has 84 valence electrons. The fraction of sp³-hybridized carbons (Fsp3) is 0.250. The first-order valence-electron chi connectivity index (χ1n) is 5.12. The molecule has 0 radical (unpaired) electrons. The number of aromatic nitrogens is 2. The van der Waals surface area contributed by atoms with Crippen molar-refractivity contribution in [3.8, 4) is 11.3 Å². The Kier molecular flexibility index (Phi) is 2.99. The number of hydrogen-bond acceptors (Lipinski definition) is 2. The minimum atomic E-state index is 0.488. The van der Waals surface area contributed by atoms with Crippen molar-refractivity contribution in [2.24, 2.45) is 12.8 Å². The molecule has 0 saturated carbocycles. The Morgan fingerprint density at radius 3 is 2.81 bits per heavy atom. The SMILES string of the molecule is Cc1nn(C)c(-c2cccc(Cl)c2)c1CN. The average molecular weight is 236 g/mol. The van der Waals surface area contributed by atoms with Crippen molar-refractivity contribution in [2.75, 3.05) is 0 Å². The molecule has 0 aliphatic carbocycles. The van der Waals surface area contributed by atoms with E-state index >= 15 is 0 Å². The number of rotatable bonds is 2. The smallest absolute Gasteiger partial charge is 0.0727 e. The Morgan fingerprint density at radius 2 is 2.19 bits per heavy atom. The molecule has 16 heavy (non-hydrogen) atoms. The molecule has 1 aromatic heterocycles. The lowest BCUT2D eigenvalue weighted by Crippen LogP contribution is -2.00. The van der Waals surface area contributed by atoms with Crippen LogP contribution in [0.1, 0.15) is 11.3 Å². The van der Waals surface area contributed by atoms with Crippen LogP contribution in [0.5, 0.6) is 0 Å². The summed E-state index contributed by atoms with van der Waals surface area (Å²) in [7, 11) is 1.92. The summed E-state index contributed by atoms with van der Waals surface area (Å²) >= 11 is 5.99. The highest BCUT2D eigenvalue weighted by molar-refractivity contribution is 6.30. The highest BCUT2D eigenvalue weighted by Gasteiger charge is 2.13. The van der Waals surface area contributed by atoms with Crippen molar-refractivity contribution in [2.45, 2.75) is 13.5 Å². The van der Waals surface area contributed by atoms with Gasteiger partial charge in [-0.3, -0.25) is 4.68 Å². The van der Waals surface area contributed by atoms with Gasteiger partial charge >= 0.3 is 0 Å². The van der Waals surface area contributed by atoms with Crippen LogP contribution in [0, 0.1) is 6.92 Å². The number of nitrogens with zero attached hydrogens (tertiary/aromatic N) is 2. The Bertz CT molecular complexity index is 517. The molecular formula is C12H14ClN3. The lowest BCUT2D eigenvalue weighted by Gasteiger charge is -2.05. The summed E-state index contributed by atoms with van der Waals surface area (Å²) in [4.78, 5) is 0. The summed E-state index contributed by atoms with van der Waals surface area (Å²) in [5, 5.41) is 5.10. The van der Waals surface area contributed by atoms with Gasteiger partial charge < -0.3 is 5.73 Å². The van der Waals surface area contributed by atoms with E-state index in [1.54, 1.807) is 0 Å². The second kappa shape index (κ2) is 4.28. The normalized spacial score (nSPS) is 10.8. The molecule has 0 aliphatic rings. The lowest BCUT2D eigenvalue weighted by molar-refractivity contribution is 0.764. The summed E-state index contributed by atoms with van der Waals surface area (Å²) in [6.07, 6.45) is 0. The van der Waals surface area contributed by atoms with Crippen LogP contribution in [0.3, 0.4) is 0 Å². The molecule has 0 fully saturated rings. The van der Waals surface area contributed by atoms with Gasteiger partial charge in [0.2, 0.25) is 0 Å². The van der Waals surface area contributed by atoms with E-state index in [1.807, 2.05) is 42.9 Å². The van der Waals surface area contributed by atoms with E-state index in [-0.39, 0.29) is 0 Å². The third-order valence-corrected chi connectivity index (χ3v) is 2.88. The quantitative estimate of drug-likeness (QED) is 0.869. The zero-order chi connectivity index (χ0) is 11.7. The van der Waals surface area contributed by atoms with Gasteiger partial charge in [0.15, 0.2) is 0 Å². The Morgan fingerprint density at radius 1 is 1.44 bits per heavy atom. The molecule has 1 aromatic carbocycles. The number of benzene rings is 1. The van der Waals surface area contributed by atoms with Gasteiger partial charge in [0.05, 0.1) is 11.4 Å². The summed E-state index contributed by atoms with van der Waals surface area (Å²) in [6, 6.07) is 7.73. The van der Waals surface area contributed by atoms with Crippen LogP contribution in [0.4, 0.5) is 0 Å². The van der Waals surface area contributed by atoms with Crippen molar-refractivity contribution in [1.82, 2.24) is 9.78 Å². The van der Waals surface area contributed by atoms with Gasteiger partial charge in [0.1, 0.15) is 0 Å². The predicted molar refractivity (Wildman–Crippen MR) is 66.3 cm³/mol. The number of halogens is 1. The van der Waals surface area contributed by atoms with Gasteiger partial charge in [-0.2, -0.15) is 5.10 Å². The first kappa shape index (κ1) is 11.2. The second-order valence-corrected chi connectivity index (χ2v) is 4.19. The molecule has 2 aromatic rings. The van der Waals surface area contributed by atoms with Crippen molar-refractivity contribution < 1.29 is 0 Å². The molecule has 0 unspecified atom stereocenters. The van der Waals surface area contributed by atoms with Gasteiger partial charge in [0.25, 0.3) is 0 Å². The summed E-state index contributed by atoms with van der Waals surface area (Å²) in [5.74, 6) is 0. The maximum absolute atomic E-state index is 5.99. The maximum atomic E-state index is 5.99. The topological polar surface area (TPSA) is 43.8 Å². The molecule has 4 heteroatoms. The highest BCUT2D eigenvalue weighted by Crippen LogP contribution is 2.27. The van der Waals surface area contributed by atoms with Crippen molar-refractivity contribution in [3.63, 3.8) is 0 Å². The standard InChI is InChI=1S/C12H14ClN3/c1-8-11(7-14)12(16(2)15-8)9-4-3-5-10(13)6-9/h3-6H,7,14H2,1-2H3. The fourth-order valence-corrected chi connectivity index (χ4v) is 2.13. The Hall–Kier alpha value is -1.32. The first-order valence-corrected chi connectivity index (χ1v) is 5.49. The molecule has 0 amide bonds. The lowest BCUT2D eigenvalue weighted by atomic mass is 10.1. The molecule has 0 atom stereocenters. The van der Waals surface area contributed by atoms with Crippen LogP contribution in [0.25, 0.3) is 11.3 Å². The summed E-state index contributed by atoms with van der Waals surface area (Å²) in [5.41, 5.74) is 9.90. The maximum Gasteiger partial charge on any atom is 0.0727 e. The zero-order valence-electron chi connectivity index (χ0n) is 9.37. The molecular weight excluding hydrogens is 222 g/mol. The Labute approximate surface area is 99.8 Å². The predicted octanol–water partition coefficient (Wildman–Crippen LogP) is 2.51. The van der Waals surface area contributed by atoms with Gasteiger partial charge in [0, 0.05) is 29.7 Å². The van der Waals surface area contributed by atoms with Gasteiger partial charge in [-0.1, -0.05) is 23.7 Å². The third kappa shape index (κ3) is 1.84. The largest absolute Gasteiger partial charge is 0.326 e. The third-order valence-electron chi connectivity index (χ3n) is 2.65. The van der Waals surface area contributed by atoms with E-state index in [0.29, 0.717) is 6.54 Å². The zero-order valence-corrected chi connectivity index (χ0v) is 10.1. The molecule has 0 saturated heterocycles. The van der Waals surface area contributed by atoms with E-state index in [2.05, 4.69) is 5.10 Å².